The van der Waals surface area contributed by atoms with Crippen molar-refractivity contribution in [3.63, 3.8) is 0 Å². The van der Waals surface area contributed by atoms with Crippen LogP contribution in [0.5, 0.6) is 0 Å². The van der Waals surface area contributed by atoms with E-state index in [1.807, 2.05) is 12.3 Å². The van der Waals surface area contributed by atoms with Crippen LogP contribution in [0, 0.1) is 6.92 Å². The average molecular weight is 297 g/mol. The highest BCUT2D eigenvalue weighted by Gasteiger charge is 2.24. The summed E-state index contributed by atoms with van der Waals surface area (Å²) >= 11 is 1.66. The molecule has 5 nitrogen and oxygen atoms in total. The van der Waals surface area contributed by atoms with Gasteiger partial charge in [0.1, 0.15) is 0 Å². The molecule has 1 heterocycles. The molecule has 3 N–H and O–H groups in total. The molecule has 20 heavy (non-hydrogen) atoms. The van der Waals surface area contributed by atoms with E-state index in [0.29, 0.717) is 6.54 Å². The number of carbonyl (C=O) groups is 1. The fourth-order valence-corrected chi connectivity index (χ4v) is 3.28. The number of rotatable bonds is 5. The van der Waals surface area contributed by atoms with E-state index >= 15 is 0 Å². The summed E-state index contributed by atoms with van der Waals surface area (Å²) in [5, 5.41) is 18.7. The lowest BCUT2D eigenvalue weighted by atomic mass is 9.93. The van der Waals surface area contributed by atoms with E-state index in [9.17, 15) is 9.90 Å². The third-order valence-electron chi connectivity index (χ3n) is 3.57. The lowest BCUT2D eigenvalue weighted by Crippen LogP contribution is -2.49. The Morgan fingerprint density at radius 1 is 1.50 bits per heavy atom. The molecule has 1 aliphatic carbocycles. The standard InChI is InChI=1S/C14H23N3O2S/c1-10-9-20-13(16-10)7-4-8-15-14(19)17-11-5-2-3-6-12(11)18/h9,11-12,18H,2-8H2,1H3,(H2,15,17,19). The van der Waals surface area contributed by atoms with Gasteiger partial charge in [-0.2, -0.15) is 0 Å². The number of urea groups is 1. The summed E-state index contributed by atoms with van der Waals surface area (Å²) < 4.78 is 0. The number of hydrogen-bond acceptors (Lipinski definition) is 4. The number of aromatic nitrogens is 1. The summed E-state index contributed by atoms with van der Waals surface area (Å²) in [5.74, 6) is 0. The number of nitrogens with one attached hydrogen (secondary N) is 2. The predicted molar refractivity (Wildman–Crippen MR) is 80.0 cm³/mol. The van der Waals surface area contributed by atoms with E-state index in [4.69, 9.17) is 0 Å². The molecule has 0 saturated heterocycles. The van der Waals surface area contributed by atoms with Crippen LogP contribution in [0.1, 0.15) is 42.8 Å². The van der Waals surface area contributed by atoms with Gasteiger partial charge in [0.05, 0.1) is 17.2 Å². The molecular formula is C14H23N3O2S. The molecule has 1 aromatic heterocycles. The summed E-state index contributed by atoms with van der Waals surface area (Å²) in [4.78, 5) is 16.1. The van der Waals surface area contributed by atoms with Crippen molar-refractivity contribution in [1.82, 2.24) is 15.6 Å². The fourth-order valence-electron chi connectivity index (χ4n) is 2.46. The van der Waals surface area contributed by atoms with Gasteiger partial charge in [0.25, 0.3) is 0 Å². The number of aryl methyl sites for hydroxylation is 2. The molecule has 1 aromatic rings. The molecule has 0 aliphatic heterocycles. The van der Waals surface area contributed by atoms with Crippen LogP contribution in [-0.4, -0.2) is 34.8 Å². The topological polar surface area (TPSA) is 74.2 Å². The van der Waals surface area contributed by atoms with Crippen molar-refractivity contribution in [2.24, 2.45) is 0 Å². The van der Waals surface area contributed by atoms with Gasteiger partial charge in [0.2, 0.25) is 0 Å². The Morgan fingerprint density at radius 3 is 3.00 bits per heavy atom. The first-order valence-electron chi connectivity index (χ1n) is 7.28. The zero-order valence-electron chi connectivity index (χ0n) is 11.9. The molecule has 2 amide bonds. The van der Waals surface area contributed by atoms with Crippen molar-refractivity contribution in [2.45, 2.75) is 57.6 Å². The van der Waals surface area contributed by atoms with Crippen LogP contribution >= 0.6 is 11.3 Å². The van der Waals surface area contributed by atoms with Crippen LogP contribution < -0.4 is 10.6 Å². The Labute approximate surface area is 123 Å². The van der Waals surface area contributed by atoms with Crippen LogP contribution in [0.25, 0.3) is 0 Å². The normalized spacial score (nSPS) is 22.5. The zero-order valence-corrected chi connectivity index (χ0v) is 12.7. The lowest BCUT2D eigenvalue weighted by Gasteiger charge is -2.28. The fraction of sp³-hybridized carbons (Fsp3) is 0.714. The van der Waals surface area contributed by atoms with E-state index in [0.717, 1.165) is 49.2 Å². The molecule has 6 heteroatoms. The van der Waals surface area contributed by atoms with Gasteiger partial charge in [-0.25, -0.2) is 9.78 Å². The molecule has 2 unspecified atom stereocenters. The molecule has 0 bridgehead atoms. The predicted octanol–water partition coefficient (Wildman–Crippen LogP) is 1.99. The Morgan fingerprint density at radius 2 is 2.30 bits per heavy atom. The van der Waals surface area contributed by atoms with Crippen molar-refractivity contribution in [2.75, 3.05) is 6.54 Å². The van der Waals surface area contributed by atoms with Crippen molar-refractivity contribution in [3.05, 3.63) is 16.1 Å². The highest BCUT2D eigenvalue weighted by molar-refractivity contribution is 7.09. The number of amides is 2. The highest BCUT2D eigenvalue weighted by atomic mass is 32.1. The number of aliphatic hydroxyl groups is 1. The smallest absolute Gasteiger partial charge is 0.315 e. The molecule has 2 atom stereocenters. The van der Waals surface area contributed by atoms with Crippen molar-refractivity contribution < 1.29 is 9.90 Å². The number of aliphatic hydroxyl groups excluding tert-OH is 1. The summed E-state index contributed by atoms with van der Waals surface area (Å²) in [6.07, 6.45) is 5.16. The van der Waals surface area contributed by atoms with Gasteiger partial charge in [0, 0.05) is 24.0 Å². The Bertz CT molecular complexity index is 436. The van der Waals surface area contributed by atoms with Crippen LogP contribution in [0.2, 0.25) is 0 Å². The van der Waals surface area contributed by atoms with E-state index in [-0.39, 0.29) is 12.1 Å². The Balaban J connectivity index is 1.60. The minimum atomic E-state index is -0.396. The van der Waals surface area contributed by atoms with Gasteiger partial charge in [0.15, 0.2) is 0 Å². The largest absolute Gasteiger partial charge is 0.391 e. The second-order valence-corrected chi connectivity index (χ2v) is 6.29. The summed E-state index contributed by atoms with van der Waals surface area (Å²) in [5.41, 5.74) is 1.06. The molecule has 2 rings (SSSR count). The Kier molecular flexibility index (Phi) is 5.79. The molecule has 112 valence electrons. The SMILES string of the molecule is Cc1csc(CCCNC(=O)NC2CCCCC2O)n1. The van der Waals surface area contributed by atoms with Gasteiger partial charge < -0.3 is 15.7 Å². The summed E-state index contributed by atoms with van der Waals surface area (Å²) in [6, 6.07) is -0.267. The van der Waals surface area contributed by atoms with E-state index in [1.54, 1.807) is 11.3 Å². The maximum absolute atomic E-state index is 11.7. The average Bonchev–Trinajstić information content (AvgIpc) is 2.83. The second kappa shape index (κ2) is 7.59. The third-order valence-corrected chi connectivity index (χ3v) is 4.59. The minimum absolute atomic E-state index is 0.0923. The number of thiazole rings is 1. The van der Waals surface area contributed by atoms with Crippen LogP contribution in [0.4, 0.5) is 4.79 Å². The third kappa shape index (κ3) is 4.76. The molecule has 0 aromatic carbocycles. The molecule has 1 fully saturated rings. The quantitative estimate of drug-likeness (QED) is 0.728. The summed E-state index contributed by atoms with van der Waals surface area (Å²) in [6.45, 7) is 2.62. The highest BCUT2D eigenvalue weighted by Crippen LogP contribution is 2.18. The monoisotopic (exact) mass is 297 g/mol. The lowest BCUT2D eigenvalue weighted by molar-refractivity contribution is 0.0943. The van der Waals surface area contributed by atoms with Gasteiger partial charge in [-0.3, -0.25) is 0 Å². The van der Waals surface area contributed by atoms with Gasteiger partial charge >= 0.3 is 6.03 Å². The van der Waals surface area contributed by atoms with Gasteiger partial charge in [-0.1, -0.05) is 12.8 Å². The number of hydrogen-bond donors (Lipinski definition) is 3. The molecule has 1 saturated carbocycles. The van der Waals surface area contributed by atoms with E-state index in [1.165, 1.54) is 0 Å². The first kappa shape index (κ1) is 15.3. The van der Waals surface area contributed by atoms with Crippen LogP contribution in [0.3, 0.4) is 0 Å². The van der Waals surface area contributed by atoms with Crippen molar-refractivity contribution in [3.8, 4) is 0 Å². The van der Waals surface area contributed by atoms with Crippen molar-refractivity contribution >= 4 is 17.4 Å². The Hall–Kier alpha value is -1.14. The van der Waals surface area contributed by atoms with Crippen LogP contribution in [-0.2, 0) is 6.42 Å². The zero-order chi connectivity index (χ0) is 14.4. The maximum atomic E-state index is 11.7. The molecule has 0 radical (unpaired) electrons. The van der Waals surface area contributed by atoms with E-state index < -0.39 is 6.10 Å². The number of nitrogens with zero attached hydrogens (tertiary/aromatic N) is 1. The van der Waals surface area contributed by atoms with Gasteiger partial charge in [-0.05, 0) is 26.2 Å². The van der Waals surface area contributed by atoms with Crippen LogP contribution in [0.15, 0.2) is 5.38 Å². The first-order valence-corrected chi connectivity index (χ1v) is 8.16. The van der Waals surface area contributed by atoms with Crippen molar-refractivity contribution in [1.29, 1.82) is 0 Å². The van der Waals surface area contributed by atoms with E-state index in [2.05, 4.69) is 15.6 Å². The maximum Gasteiger partial charge on any atom is 0.315 e. The molecule has 0 spiro atoms. The minimum Gasteiger partial charge on any atom is -0.391 e. The van der Waals surface area contributed by atoms with Gasteiger partial charge in [-0.15, -0.1) is 11.3 Å². The molecule has 1 aliphatic rings. The summed E-state index contributed by atoms with van der Waals surface area (Å²) in [7, 11) is 0. The first-order chi connectivity index (χ1) is 9.65. The second-order valence-electron chi connectivity index (χ2n) is 5.34. The number of carbonyl (C=O) groups excluding carboxylic acids is 1. The molecular weight excluding hydrogens is 274 g/mol.